The molecule has 1 aromatic heterocycles. The van der Waals surface area contributed by atoms with Gasteiger partial charge in [-0.15, -0.1) is 0 Å². The lowest BCUT2D eigenvalue weighted by Crippen LogP contribution is -2.44. The van der Waals surface area contributed by atoms with Crippen LogP contribution in [0.4, 0.5) is 0 Å². The number of aliphatic imine (C=N–C) groups is 1. The quantitative estimate of drug-likeness (QED) is 0.447. The van der Waals surface area contributed by atoms with Gasteiger partial charge in [0.1, 0.15) is 5.60 Å². The molecule has 0 spiro atoms. The van der Waals surface area contributed by atoms with Crippen LogP contribution in [0.3, 0.4) is 0 Å². The highest BCUT2D eigenvalue weighted by molar-refractivity contribution is 5.79. The first-order valence-corrected chi connectivity index (χ1v) is 11.5. The molecule has 1 fully saturated rings. The van der Waals surface area contributed by atoms with Gasteiger partial charge in [-0.3, -0.25) is 9.58 Å². The molecule has 1 unspecified atom stereocenters. The van der Waals surface area contributed by atoms with Crippen LogP contribution >= 0.6 is 0 Å². The van der Waals surface area contributed by atoms with E-state index < -0.39 is 5.60 Å². The molecule has 1 atom stereocenters. The number of benzene rings is 1. The summed E-state index contributed by atoms with van der Waals surface area (Å²) in [7, 11) is 1.85. The van der Waals surface area contributed by atoms with Crippen molar-refractivity contribution in [1.29, 1.82) is 0 Å². The van der Waals surface area contributed by atoms with E-state index in [-0.39, 0.29) is 0 Å². The maximum atomic E-state index is 10.8. The Kier molecular flexibility index (Phi) is 8.49. The van der Waals surface area contributed by atoms with Crippen molar-refractivity contribution < 1.29 is 5.11 Å². The van der Waals surface area contributed by atoms with E-state index in [1.807, 2.05) is 20.2 Å². The Morgan fingerprint density at radius 2 is 1.84 bits per heavy atom. The summed E-state index contributed by atoms with van der Waals surface area (Å²) in [6.07, 6.45) is 8.83. The Hall–Kier alpha value is -2.38. The lowest BCUT2D eigenvalue weighted by molar-refractivity contribution is 0.0616. The molecule has 1 saturated heterocycles. The third kappa shape index (κ3) is 7.08. The van der Waals surface area contributed by atoms with Crippen LogP contribution in [0, 0.1) is 0 Å². The monoisotopic (exact) mass is 426 g/mol. The first-order valence-electron chi connectivity index (χ1n) is 11.5. The Bertz CT molecular complexity index is 836. The van der Waals surface area contributed by atoms with Gasteiger partial charge in [0.2, 0.25) is 0 Å². The molecule has 0 radical (unpaired) electrons. The van der Waals surface area contributed by atoms with Crippen LogP contribution in [0.25, 0.3) is 0 Å². The molecule has 7 heteroatoms. The van der Waals surface area contributed by atoms with Gasteiger partial charge in [0, 0.05) is 31.9 Å². The van der Waals surface area contributed by atoms with E-state index in [1.165, 1.54) is 49.9 Å². The average Bonchev–Trinajstić information content (AvgIpc) is 3.04. The molecule has 1 aliphatic heterocycles. The molecule has 7 nitrogen and oxygen atoms in total. The number of hydrogen-bond acceptors (Lipinski definition) is 4. The van der Waals surface area contributed by atoms with Gasteiger partial charge >= 0.3 is 0 Å². The number of guanidine groups is 1. The topological polar surface area (TPSA) is 77.7 Å². The van der Waals surface area contributed by atoms with Gasteiger partial charge in [-0.25, -0.2) is 4.99 Å². The van der Waals surface area contributed by atoms with Crippen molar-refractivity contribution in [3.63, 3.8) is 0 Å². The molecule has 3 rings (SSSR count). The number of nitrogens with one attached hydrogen (secondary N) is 2. The summed E-state index contributed by atoms with van der Waals surface area (Å²) in [6.45, 7) is 8.91. The minimum Gasteiger partial charge on any atom is -0.383 e. The van der Waals surface area contributed by atoms with Gasteiger partial charge in [0.05, 0.1) is 19.3 Å². The third-order valence-corrected chi connectivity index (χ3v) is 5.89. The number of rotatable bonds is 8. The van der Waals surface area contributed by atoms with Crippen molar-refractivity contribution in [3.8, 4) is 0 Å². The van der Waals surface area contributed by atoms with E-state index in [0.717, 1.165) is 18.7 Å². The van der Waals surface area contributed by atoms with Crippen molar-refractivity contribution in [1.82, 2.24) is 25.3 Å². The van der Waals surface area contributed by atoms with Crippen LogP contribution in [0.5, 0.6) is 0 Å². The van der Waals surface area contributed by atoms with Crippen LogP contribution in [0.1, 0.15) is 56.2 Å². The van der Waals surface area contributed by atoms with Gasteiger partial charge in [-0.1, -0.05) is 37.1 Å². The lowest BCUT2D eigenvalue weighted by Gasteiger charge is -2.24. The van der Waals surface area contributed by atoms with Crippen molar-refractivity contribution in [2.24, 2.45) is 12.0 Å². The lowest BCUT2D eigenvalue weighted by atomic mass is 10.00. The molecule has 0 bridgehead atoms. The number of nitrogens with zero attached hydrogens (tertiary/aromatic N) is 4. The van der Waals surface area contributed by atoms with E-state index in [2.05, 4.69) is 44.9 Å². The molecule has 1 aliphatic rings. The third-order valence-electron chi connectivity index (χ3n) is 5.89. The highest BCUT2D eigenvalue weighted by Crippen LogP contribution is 2.19. The zero-order chi connectivity index (χ0) is 22.1. The van der Waals surface area contributed by atoms with Crippen LogP contribution in [-0.2, 0) is 25.7 Å². The fourth-order valence-electron chi connectivity index (χ4n) is 3.96. The fourth-order valence-corrected chi connectivity index (χ4v) is 3.96. The van der Waals surface area contributed by atoms with Gasteiger partial charge in [0.15, 0.2) is 5.96 Å². The van der Waals surface area contributed by atoms with Gasteiger partial charge in [-0.2, -0.15) is 5.10 Å². The first-order chi connectivity index (χ1) is 15.0. The predicted molar refractivity (Wildman–Crippen MR) is 126 cm³/mol. The predicted octanol–water partition coefficient (Wildman–Crippen LogP) is 2.76. The largest absolute Gasteiger partial charge is 0.383 e. The Balaban J connectivity index is 1.64. The summed E-state index contributed by atoms with van der Waals surface area (Å²) in [5, 5.41) is 21.6. The normalized spacial score (nSPS) is 17.7. The molecule has 2 aromatic rings. The average molecular weight is 427 g/mol. The van der Waals surface area contributed by atoms with E-state index in [1.54, 1.807) is 17.8 Å². The van der Waals surface area contributed by atoms with E-state index >= 15 is 0 Å². The number of aliphatic hydroxyl groups is 1. The zero-order valence-electron chi connectivity index (χ0n) is 19.3. The molecule has 2 heterocycles. The summed E-state index contributed by atoms with van der Waals surface area (Å²) < 4.78 is 1.70. The summed E-state index contributed by atoms with van der Waals surface area (Å²) >= 11 is 0. The van der Waals surface area contributed by atoms with Gasteiger partial charge in [0.25, 0.3) is 0 Å². The van der Waals surface area contributed by atoms with Crippen molar-refractivity contribution in [3.05, 3.63) is 53.3 Å². The SMILES string of the molecule is CCNC(=NCc1ccccc1CN1CCCCCC1)NCC(C)(O)c1cnn(C)c1. The molecular weight excluding hydrogens is 388 g/mol. The highest BCUT2D eigenvalue weighted by Gasteiger charge is 2.25. The molecule has 0 aliphatic carbocycles. The van der Waals surface area contributed by atoms with Crippen LogP contribution in [-0.4, -0.2) is 51.9 Å². The maximum absolute atomic E-state index is 10.8. The second kappa shape index (κ2) is 11.3. The molecule has 0 saturated carbocycles. The Morgan fingerprint density at radius 3 is 2.48 bits per heavy atom. The first kappa shape index (κ1) is 23.3. The van der Waals surface area contributed by atoms with Crippen LogP contribution in [0.2, 0.25) is 0 Å². The van der Waals surface area contributed by atoms with Gasteiger partial charge < -0.3 is 15.7 Å². The summed E-state index contributed by atoms with van der Waals surface area (Å²) in [5.41, 5.74) is 2.35. The fraction of sp³-hybridized carbons (Fsp3) is 0.583. The van der Waals surface area contributed by atoms with Crippen LogP contribution in [0.15, 0.2) is 41.7 Å². The van der Waals surface area contributed by atoms with Crippen LogP contribution < -0.4 is 10.6 Å². The van der Waals surface area contributed by atoms with Gasteiger partial charge in [-0.05, 0) is 50.9 Å². The Labute approximate surface area is 186 Å². The molecule has 0 amide bonds. The van der Waals surface area contributed by atoms with E-state index in [4.69, 9.17) is 4.99 Å². The smallest absolute Gasteiger partial charge is 0.191 e. The van der Waals surface area contributed by atoms with Crippen molar-refractivity contribution in [2.75, 3.05) is 26.2 Å². The van der Waals surface area contributed by atoms with E-state index in [9.17, 15) is 5.11 Å². The molecule has 31 heavy (non-hydrogen) atoms. The summed E-state index contributed by atoms with van der Waals surface area (Å²) in [5.74, 6) is 0.705. The molecule has 3 N–H and O–H groups in total. The molecule has 170 valence electrons. The Morgan fingerprint density at radius 1 is 1.13 bits per heavy atom. The summed E-state index contributed by atoms with van der Waals surface area (Å²) in [6, 6.07) is 8.61. The number of aromatic nitrogens is 2. The molecule has 1 aromatic carbocycles. The maximum Gasteiger partial charge on any atom is 0.191 e. The number of hydrogen-bond donors (Lipinski definition) is 3. The molecular formula is C24H38N6O. The second-order valence-corrected chi connectivity index (χ2v) is 8.68. The van der Waals surface area contributed by atoms with E-state index in [0.29, 0.717) is 19.0 Å². The number of likely N-dealkylation sites (tertiary alicyclic amines) is 1. The number of aryl methyl sites for hydroxylation is 1. The standard InChI is InChI=1S/C24H38N6O/c1-4-25-23(27-19-24(2,31)22-16-28-29(3)18-22)26-15-20-11-7-8-12-21(20)17-30-13-9-5-6-10-14-30/h7-8,11-12,16,18,31H,4-6,9-10,13-15,17,19H2,1-3H3,(H2,25,26,27). The van der Waals surface area contributed by atoms with Crippen molar-refractivity contribution in [2.45, 2.75) is 58.2 Å². The highest BCUT2D eigenvalue weighted by atomic mass is 16.3. The summed E-state index contributed by atoms with van der Waals surface area (Å²) in [4.78, 5) is 7.38. The second-order valence-electron chi connectivity index (χ2n) is 8.68. The minimum absolute atomic E-state index is 0.347. The minimum atomic E-state index is -1.03. The zero-order valence-corrected chi connectivity index (χ0v) is 19.3. The van der Waals surface area contributed by atoms with Crippen molar-refractivity contribution >= 4 is 5.96 Å².